The lowest BCUT2D eigenvalue weighted by atomic mass is 9.77. The van der Waals surface area contributed by atoms with Crippen LogP contribution in [0.4, 0.5) is 5.69 Å². The normalized spacial score (nSPS) is 26.8. The smallest absolute Gasteiger partial charge is 0.231 e. The van der Waals surface area contributed by atoms with E-state index in [1.54, 1.807) is 17.0 Å². The number of fused-ring (bicyclic) bond motifs is 2. The van der Waals surface area contributed by atoms with E-state index in [1.807, 2.05) is 30.4 Å². The zero-order valence-electron chi connectivity index (χ0n) is 20.1. The van der Waals surface area contributed by atoms with Crippen LogP contribution in [0, 0.1) is 11.8 Å². The van der Waals surface area contributed by atoms with Gasteiger partial charge >= 0.3 is 0 Å². The Morgan fingerprint density at radius 1 is 1.08 bits per heavy atom. The molecule has 0 saturated carbocycles. The Bertz CT molecular complexity index is 1250. The van der Waals surface area contributed by atoms with Crippen LogP contribution in [0.2, 0.25) is 0 Å². The minimum absolute atomic E-state index is 0.107. The molecule has 4 atom stereocenters. The van der Waals surface area contributed by atoms with Crippen molar-refractivity contribution in [2.45, 2.75) is 18.2 Å². The standard InChI is InChI=1S/C26H26N2O8/c1-31-19-9-15(10-20(32-2)23(19)33-3)27-24(29)21-17-6-7-26(36-17)12-28(25(30)22(21)26)11-14-4-5-16-18(8-14)35-13-34-16/h4-10,17,21-22H,11-13H2,1-3H3,(H,27,29)/t17-,21-,22-,26-/m1/s1. The predicted octanol–water partition coefficient (Wildman–Crippen LogP) is 2.36. The number of nitrogens with zero attached hydrogens (tertiary/aromatic N) is 1. The number of carbonyl (C=O) groups excluding carboxylic acids is 2. The molecule has 0 aromatic heterocycles. The number of benzene rings is 2. The molecule has 2 amide bonds. The molecule has 10 heteroatoms. The van der Waals surface area contributed by atoms with E-state index < -0.39 is 23.5 Å². The highest BCUT2D eigenvalue weighted by Gasteiger charge is 2.66. The van der Waals surface area contributed by atoms with Gasteiger partial charge in [-0.1, -0.05) is 18.2 Å². The topological polar surface area (TPSA) is 105 Å². The summed E-state index contributed by atoms with van der Waals surface area (Å²) in [6.07, 6.45) is 3.35. The van der Waals surface area contributed by atoms with Crippen LogP contribution in [0.25, 0.3) is 0 Å². The van der Waals surface area contributed by atoms with Gasteiger partial charge in [0.2, 0.25) is 24.4 Å². The maximum atomic E-state index is 13.6. The first-order valence-electron chi connectivity index (χ1n) is 11.6. The molecule has 0 aliphatic carbocycles. The fourth-order valence-corrected chi connectivity index (χ4v) is 5.65. The van der Waals surface area contributed by atoms with Crippen LogP contribution < -0.4 is 29.0 Å². The van der Waals surface area contributed by atoms with Gasteiger partial charge in [-0.05, 0) is 17.7 Å². The number of hydrogen-bond donors (Lipinski definition) is 1. The molecule has 0 unspecified atom stereocenters. The molecule has 188 valence electrons. The number of likely N-dealkylation sites (tertiary alicyclic amines) is 1. The molecule has 4 aliphatic rings. The van der Waals surface area contributed by atoms with Gasteiger partial charge in [-0.3, -0.25) is 9.59 Å². The summed E-state index contributed by atoms with van der Waals surface area (Å²) in [6.45, 7) is 0.956. The average molecular weight is 495 g/mol. The van der Waals surface area contributed by atoms with Crippen molar-refractivity contribution in [3.8, 4) is 28.7 Å². The number of methoxy groups -OCH3 is 3. The fraction of sp³-hybridized carbons (Fsp3) is 0.385. The molecule has 2 saturated heterocycles. The fourth-order valence-electron chi connectivity index (χ4n) is 5.65. The summed E-state index contributed by atoms with van der Waals surface area (Å²) in [5, 5.41) is 2.92. The van der Waals surface area contributed by atoms with E-state index >= 15 is 0 Å². The maximum absolute atomic E-state index is 13.6. The Balaban J connectivity index is 1.23. The molecule has 0 radical (unpaired) electrons. The van der Waals surface area contributed by atoms with Gasteiger partial charge < -0.3 is 38.6 Å². The molecule has 10 nitrogen and oxygen atoms in total. The summed E-state index contributed by atoms with van der Waals surface area (Å²) < 4.78 is 33.2. The maximum Gasteiger partial charge on any atom is 0.231 e. The van der Waals surface area contributed by atoms with Gasteiger partial charge in [-0.15, -0.1) is 0 Å². The molecule has 1 N–H and O–H groups in total. The number of carbonyl (C=O) groups is 2. The van der Waals surface area contributed by atoms with Crippen LogP contribution >= 0.6 is 0 Å². The van der Waals surface area contributed by atoms with Gasteiger partial charge in [0.05, 0.1) is 45.8 Å². The number of hydrogen-bond acceptors (Lipinski definition) is 8. The number of amides is 2. The van der Waals surface area contributed by atoms with E-state index in [2.05, 4.69) is 5.32 Å². The summed E-state index contributed by atoms with van der Waals surface area (Å²) in [4.78, 5) is 28.8. The third-order valence-corrected chi connectivity index (χ3v) is 7.22. The second-order valence-corrected chi connectivity index (χ2v) is 9.19. The molecule has 4 aliphatic heterocycles. The van der Waals surface area contributed by atoms with Gasteiger partial charge in [-0.25, -0.2) is 0 Å². The van der Waals surface area contributed by atoms with Crippen LogP contribution in [-0.2, 0) is 20.9 Å². The average Bonchev–Trinajstić information content (AvgIpc) is 3.64. The quantitative estimate of drug-likeness (QED) is 0.585. The third kappa shape index (κ3) is 3.35. The molecule has 2 aromatic rings. The second kappa shape index (κ2) is 8.34. The Morgan fingerprint density at radius 3 is 2.56 bits per heavy atom. The third-order valence-electron chi connectivity index (χ3n) is 7.22. The first-order chi connectivity index (χ1) is 17.5. The van der Waals surface area contributed by atoms with Crippen molar-refractivity contribution in [1.82, 2.24) is 4.90 Å². The van der Waals surface area contributed by atoms with Crippen molar-refractivity contribution in [1.29, 1.82) is 0 Å². The first-order valence-corrected chi connectivity index (χ1v) is 11.6. The van der Waals surface area contributed by atoms with Gasteiger partial charge in [0, 0.05) is 24.4 Å². The lowest BCUT2D eigenvalue weighted by molar-refractivity contribution is -0.136. The SMILES string of the molecule is COc1cc(NC(=O)[C@@H]2[C@H]3C=C[C@]4(CN(Cc5ccc6c(c5)OCO6)C(=O)[C@@H]24)O3)cc(OC)c1OC. The Kier molecular flexibility index (Phi) is 5.22. The summed E-state index contributed by atoms with van der Waals surface area (Å²) >= 11 is 0. The highest BCUT2D eigenvalue weighted by Crippen LogP contribution is 2.52. The van der Waals surface area contributed by atoms with Crippen molar-refractivity contribution in [2.75, 3.05) is 40.0 Å². The molecule has 1 spiro atoms. The number of anilines is 1. The van der Waals surface area contributed by atoms with E-state index in [1.165, 1.54) is 21.3 Å². The van der Waals surface area contributed by atoms with E-state index in [0.29, 0.717) is 47.5 Å². The van der Waals surface area contributed by atoms with Gasteiger partial charge in [0.25, 0.3) is 0 Å². The van der Waals surface area contributed by atoms with E-state index in [9.17, 15) is 9.59 Å². The summed E-state index contributed by atoms with van der Waals surface area (Å²) in [5.41, 5.74) is 0.578. The molecular formula is C26H26N2O8. The Labute approximate surface area is 207 Å². The van der Waals surface area contributed by atoms with Crippen LogP contribution in [-0.4, -0.2) is 63.1 Å². The van der Waals surface area contributed by atoms with Gasteiger partial charge in [0.1, 0.15) is 5.60 Å². The van der Waals surface area contributed by atoms with Crippen LogP contribution in [0.1, 0.15) is 5.56 Å². The van der Waals surface area contributed by atoms with Gasteiger partial charge in [-0.2, -0.15) is 0 Å². The minimum Gasteiger partial charge on any atom is -0.493 e. The van der Waals surface area contributed by atoms with Crippen molar-refractivity contribution in [2.24, 2.45) is 11.8 Å². The molecular weight excluding hydrogens is 468 g/mol. The highest BCUT2D eigenvalue weighted by atomic mass is 16.7. The number of rotatable bonds is 7. The zero-order chi connectivity index (χ0) is 25.0. The molecule has 2 aromatic carbocycles. The largest absolute Gasteiger partial charge is 0.493 e. The minimum atomic E-state index is -0.810. The molecule has 4 heterocycles. The molecule has 2 bridgehead atoms. The number of ether oxygens (including phenoxy) is 6. The second-order valence-electron chi connectivity index (χ2n) is 9.19. The zero-order valence-corrected chi connectivity index (χ0v) is 20.1. The van der Waals surface area contributed by atoms with Crippen LogP contribution in [0.3, 0.4) is 0 Å². The molecule has 36 heavy (non-hydrogen) atoms. The van der Waals surface area contributed by atoms with E-state index in [4.69, 9.17) is 28.4 Å². The molecule has 6 rings (SSSR count). The number of nitrogens with one attached hydrogen (secondary N) is 1. The summed E-state index contributed by atoms with van der Waals surface area (Å²) in [6, 6.07) is 8.94. The van der Waals surface area contributed by atoms with Gasteiger partial charge in [0.15, 0.2) is 23.0 Å². The highest BCUT2D eigenvalue weighted by molar-refractivity contribution is 5.99. The Hall–Kier alpha value is -3.92. The lowest BCUT2D eigenvalue weighted by Crippen LogP contribution is -2.41. The summed E-state index contributed by atoms with van der Waals surface area (Å²) in [7, 11) is 4.53. The van der Waals surface area contributed by atoms with Crippen molar-refractivity contribution >= 4 is 17.5 Å². The van der Waals surface area contributed by atoms with Crippen molar-refractivity contribution in [3.05, 3.63) is 48.0 Å². The first kappa shape index (κ1) is 22.5. The van der Waals surface area contributed by atoms with E-state index in [-0.39, 0.29) is 18.6 Å². The predicted molar refractivity (Wildman–Crippen MR) is 126 cm³/mol. The summed E-state index contributed by atoms with van der Waals surface area (Å²) in [5.74, 6) is 0.931. The molecule has 2 fully saturated rings. The Morgan fingerprint density at radius 2 is 1.83 bits per heavy atom. The van der Waals surface area contributed by atoms with Crippen molar-refractivity contribution < 1.29 is 38.0 Å². The monoisotopic (exact) mass is 494 g/mol. The van der Waals surface area contributed by atoms with E-state index in [0.717, 1.165) is 5.56 Å². The van der Waals surface area contributed by atoms with Crippen molar-refractivity contribution in [3.63, 3.8) is 0 Å². The van der Waals surface area contributed by atoms with Crippen LogP contribution in [0.15, 0.2) is 42.5 Å². The lowest BCUT2D eigenvalue weighted by Gasteiger charge is -2.24. The van der Waals surface area contributed by atoms with Crippen LogP contribution in [0.5, 0.6) is 28.7 Å².